The normalized spacial score (nSPS) is 12.9. The van der Waals surface area contributed by atoms with Crippen LogP contribution in [0.4, 0.5) is 0 Å². The summed E-state index contributed by atoms with van der Waals surface area (Å²) in [5.41, 5.74) is 11.4. The van der Waals surface area contributed by atoms with Crippen molar-refractivity contribution in [2.75, 3.05) is 19.3 Å². The van der Waals surface area contributed by atoms with Gasteiger partial charge in [-0.05, 0) is 44.1 Å². The van der Waals surface area contributed by atoms with Crippen molar-refractivity contribution in [3.63, 3.8) is 0 Å². The van der Waals surface area contributed by atoms with E-state index in [1.54, 1.807) is 0 Å². The van der Waals surface area contributed by atoms with Crippen LogP contribution in [0.25, 0.3) is 0 Å². The van der Waals surface area contributed by atoms with E-state index in [0.717, 1.165) is 25.7 Å². The quantitative estimate of drug-likeness (QED) is 0.372. The molecule has 0 aliphatic carbocycles. The molecule has 0 spiro atoms. The molecule has 5 heteroatoms. The van der Waals surface area contributed by atoms with Crippen molar-refractivity contribution in [3.05, 3.63) is 0 Å². The smallest absolute Gasteiger partial charge is 0.191 e. The lowest BCUT2D eigenvalue weighted by molar-refractivity contribution is 0.351. The number of unbranched alkanes of at least 4 members (excludes halogenated alkanes) is 1. The standard InChI is InChI=1S/C16H40N2OSi2/c1-5-20(6-2,14-11-13-18)16-19-21(7-3,8-4)15-10-9-12-17/h5-18H2,1-4H3. The number of hydrogen-bond donors (Lipinski definition) is 2. The molecule has 0 aromatic heterocycles. The van der Waals surface area contributed by atoms with Crippen molar-refractivity contribution in [2.45, 2.75) is 83.2 Å². The molecule has 0 atom stereocenters. The van der Waals surface area contributed by atoms with Gasteiger partial charge in [-0.3, -0.25) is 0 Å². The van der Waals surface area contributed by atoms with Crippen LogP contribution in [0, 0.1) is 0 Å². The Balaban J connectivity index is 4.66. The van der Waals surface area contributed by atoms with Crippen LogP contribution in [-0.4, -0.2) is 35.7 Å². The van der Waals surface area contributed by atoms with E-state index in [0.29, 0.717) is 0 Å². The molecule has 0 radical (unpaired) electrons. The Kier molecular flexibility index (Phi) is 12.0. The first kappa shape index (κ1) is 21.3. The minimum Gasteiger partial charge on any atom is -0.420 e. The first-order valence-electron chi connectivity index (χ1n) is 9.11. The lowest BCUT2D eigenvalue weighted by Gasteiger charge is -2.36. The maximum absolute atomic E-state index is 6.74. The molecule has 3 nitrogen and oxygen atoms in total. The largest absolute Gasteiger partial charge is 0.420 e. The fraction of sp³-hybridized carbons (Fsp3) is 1.00. The molecule has 0 rings (SSSR count). The summed E-state index contributed by atoms with van der Waals surface area (Å²) >= 11 is 0. The predicted molar refractivity (Wildman–Crippen MR) is 101 cm³/mol. The van der Waals surface area contributed by atoms with E-state index in [9.17, 15) is 0 Å². The molecule has 0 aliphatic heterocycles. The van der Waals surface area contributed by atoms with E-state index >= 15 is 0 Å². The molecule has 0 aromatic carbocycles. The summed E-state index contributed by atoms with van der Waals surface area (Å²) in [5, 5.41) is 0. The van der Waals surface area contributed by atoms with Gasteiger partial charge >= 0.3 is 0 Å². The molecular weight excluding hydrogens is 292 g/mol. The van der Waals surface area contributed by atoms with Crippen molar-refractivity contribution in [2.24, 2.45) is 11.5 Å². The topological polar surface area (TPSA) is 61.3 Å². The van der Waals surface area contributed by atoms with E-state index in [1.807, 2.05) is 0 Å². The van der Waals surface area contributed by atoms with Crippen LogP contribution in [0.3, 0.4) is 0 Å². The zero-order valence-electron chi connectivity index (χ0n) is 15.0. The van der Waals surface area contributed by atoms with Crippen LogP contribution in [0.2, 0.25) is 36.3 Å². The van der Waals surface area contributed by atoms with Gasteiger partial charge in [0.1, 0.15) is 0 Å². The van der Waals surface area contributed by atoms with Crippen molar-refractivity contribution in [1.29, 1.82) is 0 Å². The second-order valence-corrected chi connectivity index (χ2v) is 16.3. The summed E-state index contributed by atoms with van der Waals surface area (Å²) in [5.74, 6) is 0. The summed E-state index contributed by atoms with van der Waals surface area (Å²) in [6, 6.07) is 7.82. The van der Waals surface area contributed by atoms with Crippen molar-refractivity contribution in [1.82, 2.24) is 0 Å². The zero-order chi connectivity index (χ0) is 16.2. The molecule has 0 saturated carbocycles. The third-order valence-electron chi connectivity index (χ3n) is 5.47. The van der Waals surface area contributed by atoms with Gasteiger partial charge in [0.25, 0.3) is 0 Å². The average molecular weight is 333 g/mol. The third kappa shape index (κ3) is 7.41. The zero-order valence-corrected chi connectivity index (χ0v) is 17.0. The lowest BCUT2D eigenvalue weighted by Crippen LogP contribution is -2.46. The number of rotatable bonds is 14. The van der Waals surface area contributed by atoms with Gasteiger partial charge in [-0.25, -0.2) is 0 Å². The minimum atomic E-state index is -1.51. The van der Waals surface area contributed by atoms with E-state index in [-0.39, 0.29) is 0 Å². The molecule has 0 aromatic rings. The fourth-order valence-electron chi connectivity index (χ4n) is 3.13. The highest BCUT2D eigenvalue weighted by atomic mass is 28.4. The Morgan fingerprint density at radius 2 is 1.29 bits per heavy atom. The van der Waals surface area contributed by atoms with Crippen LogP contribution >= 0.6 is 0 Å². The summed E-state index contributed by atoms with van der Waals surface area (Å²) < 4.78 is 6.74. The molecule has 0 amide bonds. The molecule has 0 unspecified atom stereocenters. The highest BCUT2D eigenvalue weighted by Gasteiger charge is 2.35. The third-order valence-corrected chi connectivity index (χ3v) is 15.5. The van der Waals surface area contributed by atoms with E-state index in [1.165, 1.54) is 49.1 Å². The van der Waals surface area contributed by atoms with Gasteiger partial charge in [-0.15, -0.1) is 0 Å². The van der Waals surface area contributed by atoms with Crippen LogP contribution in [-0.2, 0) is 4.43 Å². The number of nitrogens with two attached hydrogens (primary N) is 2. The first-order chi connectivity index (χ1) is 10.1. The molecule has 0 fully saturated rings. The summed E-state index contributed by atoms with van der Waals surface area (Å²) in [6.45, 7) is 11.0. The maximum atomic E-state index is 6.74. The minimum absolute atomic E-state index is 0.816. The van der Waals surface area contributed by atoms with Crippen molar-refractivity contribution >= 4 is 16.4 Å². The summed E-state index contributed by atoms with van der Waals surface area (Å²) in [6.07, 6.45) is 4.66. The highest BCUT2D eigenvalue weighted by molar-refractivity contribution is 6.81. The first-order valence-corrected chi connectivity index (χ1v) is 14.5. The molecule has 0 bridgehead atoms. The SMILES string of the molecule is CC[Si](CC)(CCCN)CO[Si](CC)(CC)CCCCN. The molecule has 0 heterocycles. The Morgan fingerprint density at radius 3 is 1.71 bits per heavy atom. The Labute approximate surface area is 135 Å². The van der Waals surface area contributed by atoms with Gasteiger partial charge in [-0.2, -0.15) is 0 Å². The van der Waals surface area contributed by atoms with Crippen molar-refractivity contribution in [3.8, 4) is 0 Å². The summed E-state index contributed by atoms with van der Waals surface area (Å²) in [4.78, 5) is 0. The van der Waals surface area contributed by atoms with Gasteiger partial charge in [0, 0.05) is 6.23 Å². The lowest BCUT2D eigenvalue weighted by atomic mass is 10.3. The highest BCUT2D eigenvalue weighted by Crippen LogP contribution is 2.29. The van der Waals surface area contributed by atoms with E-state index < -0.39 is 16.4 Å². The summed E-state index contributed by atoms with van der Waals surface area (Å²) in [7, 11) is -2.76. The van der Waals surface area contributed by atoms with Crippen LogP contribution < -0.4 is 11.5 Å². The molecule has 4 N–H and O–H groups in total. The molecule has 21 heavy (non-hydrogen) atoms. The van der Waals surface area contributed by atoms with Gasteiger partial charge in [-0.1, -0.05) is 52.2 Å². The molecule has 0 aliphatic rings. The van der Waals surface area contributed by atoms with Gasteiger partial charge in [0.2, 0.25) is 0 Å². The Bertz CT molecular complexity index is 244. The molecule has 0 saturated heterocycles. The van der Waals surface area contributed by atoms with Gasteiger partial charge < -0.3 is 15.9 Å². The number of hydrogen-bond acceptors (Lipinski definition) is 3. The Hall–Kier alpha value is 0.314. The Morgan fingerprint density at radius 1 is 0.714 bits per heavy atom. The maximum Gasteiger partial charge on any atom is 0.191 e. The van der Waals surface area contributed by atoms with Gasteiger partial charge in [0.05, 0.1) is 8.07 Å². The molecular formula is C16H40N2OSi2. The second-order valence-electron chi connectivity index (χ2n) is 6.52. The van der Waals surface area contributed by atoms with Crippen LogP contribution in [0.5, 0.6) is 0 Å². The second kappa shape index (κ2) is 11.8. The average Bonchev–Trinajstić information content (AvgIpc) is 2.54. The van der Waals surface area contributed by atoms with Crippen LogP contribution in [0.1, 0.15) is 47.0 Å². The van der Waals surface area contributed by atoms with Crippen molar-refractivity contribution < 1.29 is 4.43 Å². The monoisotopic (exact) mass is 332 g/mol. The van der Waals surface area contributed by atoms with Gasteiger partial charge in [0.15, 0.2) is 8.32 Å². The molecule has 128 valence electrons. The van der Waals surface area contributed by atoms with Crippen LogP contribution in [0.15, 0.2) is 0 Å². The van der Waals surface area contributed by atoms with E-state index in [2.05, 4.69) is 27.7 Å². The fourth-order valence-corrected chi connectivity index (χ4v) is 11.0. The van der Waals surface area contributed by atoms with E-state index in [4.69, 9.17) is 15.9 Å². The predicted octanol–water partition coefficient (Wildman–Crippen LogP) is 4.10.